The van der Waals surface area contributed by atoms with E-state index in [2.05, 4.69) is 95.0 Å². The van der Waals surface area contributed by atoms with Crippen LogP contribution in [0.3, 0.4) is 0 Å². The molecule has 0 bridgehead atoms. The van der Waals surface area contributed by atoms with Crippen molar-refractivity contribution in [3.05, 3.63) is 18.2 Å². The molecule has 17 amide bonds. The van der Waals surface area contributed by atoms with Crippen molar-refractivity contribution in [3.8, 4) is 0 Å². The Morgan fingerprint density at radius 2 is 0.708 bits per heavy atom. The van der Waals surface area contributed by atoms with Crippen LogP contribution >= 0.6 is 11.8 Å². The maximum atomic E-state index is 14.6. The molecule has 0 unspecified atom stereocenters. The molecule has 28 N–H and O–H groups in total. The van der Waals surface area contributed by atoms with Crippen LogP contribution in [0.5, 0.6) is 0 Å². The van der Waals surface area contributed by atoms with Crippen LogP contribution in [0.4, 0.5) is 0 Å². The van der Waals surface area contributed by atoms with Crippen LogP contribution in [0.25, 0.3) is 0 Å². The number of unbranched alkanes of at least 4 members (excludes halogenated alkanes) is 3. The summed E-state index contributed by atoms with van der Waals surface area (Å²) >= 11 is 1.32. The molecule has 43 heteroatoms. The first-order chi connectivity index (χ1) is 61.1. The van der Waals surface area contributed by atoms with Gasteiger partial charge in [-0.15, -0.1) is 0 Å². The fourth-order valence-electron chi connectivity index (χ4n) is 13.6. The van der Waals surface area contributed by atoms with Crippen molar-refractivity contribution < 1.29 is 91.4 Å². The first-order valence-corrected chi connectivity index (χ1v) is 47.1. The van der Waals surface area contributed by atoms with Crippen molar-refractivity contribution in [2.24, 2.45) is 76.0 Å². The number of carbonyl (C=O) groups is 18. The van der Waals surface area contributed by atoms with Crippen molar-refractivity contribution in [1.29, 1.82) is 0 Å². The van der Waals surface area contributed by atoms with Gasteiger partial charge in [-0.3, -0.25) is 86.3 Å². The smallest absolute Gasteiger partial charge is 0.305 e. The molecule has 19 atom stereocenters. The van der Waals surface area contributed by atoms with Crippen LogP contribution in [0.1, 0.15) is 239 Å². The zero-order valence-electron chi connectivity index (χ0n) is 79.8. The Kier molecular flexibility index (Phi) is 56.4. The van der Waals surface area contributed by atoms with E-state index in [1.54, 1.807) is 110 Å². The number of thioether (sulfide) groups is 1. The van der Waals surface area contributed by atoms with Crippen molar-refractivity contribution in [2.45, 2.75) is 337 Å². The van der Waals surface area contributed by atoms with E-state index >= 15 is 0 Å². The van der Waals surface area contributed by atoms with E-state index in [0.717, 1.165) is 0 Å². The van der Waals surface area contributed by atoms with Gasteiger partial charge in [0.05, 0.1) is 25.3 Å². The van der Waals surface area contributed by atoms with Gasteiger partial charge >= 0.3 is 5.97 Å². The maximum absolute atomic E-state index is 14.6. The number of nitrogens with two attached hydrogens (primary N) is 5. The van der Waals surface area contributed by atoms with Crippen molar-refractivity contribution in [3.63, 3.8) is 0 Å². The number of carbonyl (C=O) groups excluding carboxylic acids is 17. The third-order valence-corrected chi connectivity index (χ3v) is 22.9. The third kappa shape index (κ3) is 44.2. The highest BCUT2D eigenvalue weighted by molar-refractivity contribution is 7.98. The van der Waals surface area contributed by atoms with Crippen molar-refractivity contribution in [2.75, 3.05) is 38.2 Å². The van der Waals surface area contributed by atoms with Gasteiger partial charge in [0.25, 0.3) is 0 Å². The molecule has 1 aromatic rings. The summed E-state index contributed by atoms with van der Waals surface area (Å²) in [6.07, 6.45) is 7.36. The standard InChI is InChI=1S/C87H157N23O19S/c1-20-50(14)67(91)84(126)100-58(31-25-28-35-90)79(121)109-70(51(15)21-2)86(128)101-59(32-36-130-19)77(119)104-64(41-66(112)113)83(125)110-71(52(16)22-3)87(129)106-62(39-47(8)9)81(123)96-53(17)73(115)99-57(30-24-27-34-89)76(118)103-60(37-45(4)5)75(117)94-43-65(111)98-56(29-23-26-33-88)78(120)108-69(49(12)13)85(127)105-61(38-46(6)7)80(122)97-54(18)74(116)102-63(40-55-42-93-44-95-55)82(124)107-68(48(10)11)72(92)114/h42,44-54,56-64,67-71H,20-41,43,88-91H2,1-19H3,(H2,92,114)(H,93,95)(H,94,117)(H,96,123)(H,97,122)(H,98,111)(H,99,115)(H,100,126)(H,101,128)(H,102,116)(H,103,118)(H,104,119)(H,105,127)(H,106,129)(H,107,124)(H,108,120)(H,109,121)(H,110,125)(H,112,113)/t50-,51-,52-,53-,54-,56-,57-,58-,59-,60-,61-,62-,63-,64-,67-,68-,69-,70-,71-/m0/s1. The van der Waals surface area contributed by atoms with E-state index in [0.29, 0.717) is 63.6 Å². The number of hydrogen-bond donors (Lipinski definition) is 23. The number of hydrogen-bond acceptors (Lipinski definition) is 24. The van der Waals surface area contributed by atoms with Crippen LogP contribution in [0.2, 0.25) is 0 Å². The Morgan fingerprint density at radius 3 is 1.09 bits per heavy atom. The minimum atomic E-state index is -1.85. The number of aromatic amines is 1. The Bertz CT molecular complexity index is 3780. The first-order valence-electron chi connectivity index (χ1n) is 45.7. The summed E-state index contributed by atoms with van der Waals surface area (Å²) in [6.45, 7) is 30.5. The molecule has 1 rings (SSSR count). The highest BCUT2D eigenvalue weighted by Gasteiger charge is 2.41. The minimum absolute atomic E-state index is 0.00770. The fraction of sp³-hybridized carbons (Fsp3) is 0.759. The average molecular weight is 1860 g/mol. The lowest BCUT2D eigenvalue weighted by Crippen LogP contribution is -2.62. The van der Waals surface area contributed by atoms with Gasteiger partial charge in [0.15, 0.2) is 0 Å². The highest BCUT2D eigenvalue weighted by atomic mass is 32.2. The van der Waals surface area contributed by atoms with E-state index in [4.69, 9.17) is 28.7 Å². The Hall–Kier alpha value is -10.1. The van der Waals surface area contributed by atoms with E-state index in [-0.39, 0.29) is 100 Å². The normalized spacial score (nSPS) is 15.8. The van der Waals surface area contributed by atoms with Crippen molar-refractivity contribution >= 4 is 118 Å². The average Bonchev–Trinajstić information content (AvgIpc) is 1.53. The quantitative estimate of drug-likeness (QED) is 0.0327. The molecule has 0 radical (unpaired) electrons. The van der Waals surface area contributed by atoms with Gasteiger partial charge in [-0.25, -0.2) is 4.98 Å². The number of H-pyrrole nitrogens is 1. The highest BCUT2D eigenvalue weighted by Crippen LogP contribution is 2.19. The van der Waals surface area contributed by atoms with Gasteiger partial charge in [-0.2, -0.15) is 11.8 Å². The second kappa shape index (κ2) is 62.3. The van der Waals surface area contributed by atoms with Gasteiger partial charge in [0, 0.05) is 18.3 Å². The summed E-state index contributed by atoms with van der Waals surface area (Å²) in [7, 11) is 0. The monoisotopic (exact) mass is 1860 g/mol. The summed E-state index contributed by atoms with van der Waals surface area (Å²) in [5, 5.41) is 52.4. The van der Waals surface area contributed by atoms with E-state index in [1.807, 2.05) is 6.92 Å². The second-order valence-corrected chi connectivity index (χ2v) is 36.7. The molecule has 0 fully saturated rings. The predicted octanol–water partition coefficient (Wildman–Crippen LogP) is -1.60. The number of aliphatic carboxylic acids is 1. The number of carboxylic acids is 1. The lowest BCUT2D eigenvalue weighted by atomic mass is 9.96. The second-order valence-electron chi connectivity index (χ2n) is 35.7. The molecule has 740 valence electrons. The summed E-state index contributed by atoms with van der Waals surface area (Å²) < 4.78 is 0. The minimum Gasteiger partial charge on any atom is -0.481 e. The maximum Gasteiger partial charge on any atom is 0.305 e. The van der Waals surface area contributed by atoms with Crippen LogP contribution in [0.15, 0.2) is 12.5 Å². The molecule has 0 aliphatic carbocycles. The van der Waals surface area contributed by atoms with Gasteiger partial charge < -0.3 is 124 Å². The molecule has 1 aromatic heterocycles. The summed E-state index contributed by atoms with van der Waals surface area (Å²) in [4.78, 5) is 258. The molecule has 0 aliphatic heterocycles. The Labute approximate surface area is 770 Å². The lowest BCUT2D eigenvalue weighted by molar-refractivity contribution is -0.142. The van der Waals surface area contributed by atoms with Crippen LogP contribution in [0, 0.1) is 47.3 Å². The zero-order valence-corrected chi connectivity index (χ0v) is 80.6. The van der Waals surface area contributed by atoms with Gasteiger partial charge in [0.2, 0.25) is 100 Å². The van der Waals surface area contributed by atoms with Crippen LogP contribution in [-0.2, 0) is 92.7 Å². The molecule has 0 aliphatic rings. The summed E-state index contributed by atoms with van der Waals surface area (Å²) in [6, 6.07) is -20.9. The molecule has 0 spiro atoms. The number of amides is 17. The topological polar surface area (TPSA) is 679 Å². The molecule has 0 saturated heterocycles. The Morgan fingerprint density at radius 1 is 0.377 bits per heavy atom. The zero-order chi connectivity index (χ0) is 98.9. The molecular formula is C87H157N23O19S. The molecular weight excluding hydrogens is 1700 g/mol. The number of imidazole rings is 1. The summed E-state index contributed by atoms with van der Waals surface area (Å²) in [5.74, 6) is -18.3. The number of rotatable bonds is 66. The van der Waals surface area contributed by atoms with E-state index in [9.17, 15) is 91.4 Å². The third-order valence-electron chi connectivity index (χ3n) is 22.2. The number of aromatic nitrogens is 2. The van der Waals surface area contributed by atoms with Gasteiger partial charge in [-0.05, 0) is 176 Å². The van der Waals surface area contributed by atoms with E-state index in [1.165, 1.54) is 38.1 Å². The van der Waals surface area contributed by atoms with Crippen molar-refractivity contribution in [1.82, 2.24) is 95.0 Å². The molecule has 1 heterocycles. The lowest BCUT2D eigenvalue weighted by Gasteiger charge is -2.30. The van der Waals surface area contributed by atoms with E-state index < -0.39 is 240 Å². The molecule has 42 nitrogen and oxygen atoms in total. The van der Waals surface area contributed by atoms with Crippen LogP contribution in [-0.4, -0.2) is 256 Å². The summed E-state index contributed by atoms with van der Waals surface area (Å²) in [5.41, 5.74) is 29.6. The number of nitrogens with zero attached hydrogens (tertiary/aromatic N) is 1. The fourth-order valence-corrected chi connectivity index (χ4v) is 14.1. The first kappa shape index (κ1) is 118. The number of primary amides is 1. The predicted molar refractivity (Wildman–Crippen MR) is 493 cm³/mol. The largest absolute Gasteiger partial charge is 0.481 e. The molecule has 0 saturated carbocycles. The SMILES string of the molecule is CC[C@H](C)[C@H](N)C(=O)N[C@@H](CCCCN)C(=O)N[C@H](C(=O)N[C@@H](CCSC)C(=O)N[C@@H](CC(=O)O)C(=O)N[C@H](C(=O)N[C@@H](CC(C)C)C(=O)N[C@@H](C)C(=O)N[C@@H](CCCCN)C(=O)N[C@@H](CC(C)C)C(=O)NCC(=O)N[C@@H](CCCCN)C(=O)N[C@H](C(=O)N[C@@H](CC(C)C)C(=O)N[C@@H](C)C(=O)N[C@@H](Cc1cnc[nH]1)C(=O)N[C@H](C(N)=O)C(C)C)C(C)C)[C@@H](C)CC)[C@@H](C)CC. The van der Waals surface area contributed by atoms with Gasteiger partial charge in [0.1, 0.15) is 90.6 Å². The Balaban J connectivity index is 3.48. The number of nitrogens with one attached hydrogen (secondary N) is 17. The molecule has 0 aromatic carbocycles. The van der Waals surface area contributed by atoms with Gasteiger partial charge in [-0.1, -0.05) is 130 Å². The van der Waals surface area contributed by atoms with Crippen LogP contribution < -0.4 is 114 Å². The number of carboxylic acid groups (broad SMARTS) is 1. The molecule has 130 heavy (non-hydrogen) atoms.